The van der Waals surface area contributed by atoms with E-state index in [0.29, 0.717) is 5.82 Å². The van der Waals surface area contributed by atoms with Gasteiger partial charge in [0.15, 0.2) is 5.82 Å². The number of anilines is 1. The summed E-state index contributed by atoms with van der Waals surface area (Å²) in [6.07, 6.45) is -4.59. The molecule has 33 heavy (non-hydrogen) atoms. The van der Waals surface area contributed by atoms with Crippen molar-refractivity contribution in [1.29, 1.82) is 0 Å². The van der Waals surface area contributed by atoms with E-state index in [1.165, 1.54) is 22.9 Å². The van der Waals surface area contributed by atoms with Gasteiger partial charge in [0.05, 0.1) is 16.9 Å². The minimum Gasteiger partial charge on any atom is -0.324 e. The van der Waals surface area contributed by atoms with Crippen LogP contribution in [0.15, 0.2) is 78.9 Å². The second-order valence-corrected chi connectivity index (χ2v) is 7.76. The molecule has 1 heterocycles. The maximum absolute atomic E-state index is 13.3. The van der Waals surface area contributed by atoms with Gasteiger partial charge in [-0.2, -0.15) is 18.3 Å². The van der Waals surface area contributed by atoms with Crippen molar-refractivity contribution in [3.63, 3.8) is 0 Å². The largest absolute Gasteiger partial charge is 0.418 e. The lowest BCUT2D eigenvalue weighted by Crippen LogP contribution is -2.22. The molecule has 1 N–H and O–H groups in total. The Hall–Kier alpha value is -3.72. The summed E-state index contributed by atoms with van der Waals surface area (Å²) in [5.74, 6) is -0.147. The van der Waals surface area contributed by atoms with E-state index < -0.39 is 17.6 Å². The number of nitrogens with one attached hydrogen (secondary N) is 1. The molecule has 0 aliphatic rings. The van der Waals surface area contributed by atoms with E-state index in [1.807, 2.05) is 61.5 Å². The van der Waals surface area contributed by atoms with Crippen molar-refractivity contribution in [1.82, 2.24) is 14.3 Å². The lowest BCUT2D eigenvalue weighted by Gasteiger charge is -2.13. The lowest BCUT2D eigenvalue weighted by atomic mass is 10.1. The molecule has 168 valence electrons. The molecule has 4 aromatic rings. The van der Waals surface area contributed by atoms with Crippen molar-refractivity contribution >= 4 is 23.8 Å². The Kier molecular flexibility index (Phi) is 6.15. The minimum atomic E-state index is -4.59. The monoisotopic (exact) mass is 468 g/mol. The average molecular weight is 469 g/mol. The van der Waals surface area contributed by atoms with E-state index in [9.17, 15) is 18.0 Å². The molecule has 4 rings (SSSR count). The summed E-state index contributed by atoms with van der Waals surface area (Å²) < 4.78 is 43.1. The molecular formula is C24H19F3N4OS. The summed E-state index contributed by atoms with van der Waals surface area (Å²) in [5, 5.41) is 6.87. The van der Waals surface area contributed by atoms with Gasteiger partial charge >= 0.3 is 6.18 Å². The zero-order valence-corrected chi connectivity index (χ0v) is 18.3. The van der Waals surface area contributed by atoms with Crippen LogP contribution in [0, 0.1) is 11.7 Å². The Morgan fingerprint density at radius 2 is 1.70 bits per heavy atom. The number of alkyl halides is 3. The fraction of sp³-hybridized carbons (Fsp3) is 0.125. The lowest BCUT2D eigenvalue weighted by molar-refractivity contribution is -0.137. The molecule has 5 nitrogen and oxygen atoms in total. The fourth-order valence-corrected chi connectivity index (χ4v) is 3.75. The molecule has 0 saturated heterocycles. The number of para-hydroxylation sites is 1. The number of aryl methyl sites for hydroxylation is 1. The van der Waals surface area contributed by atoms with Crippen LogP contribution < -0.4 is 5.32 Å². The molecule has 0 atom stereocenters. The highest BCUT2D eigenvalue weighted by molar-refractivity contribution is 7.71. The van der Waals surface area contributed by atoms with Crippen LogP contribution in [-0.2, 0) is 17.5 Å². The number of hydrogen-bond acceptors (Lipinski definition) is 3. The number of nitrogens with zero attached hydrogens (tertiary/aromatic N) is 3. The van der Waals surface area contributed by atoms with Crippen molar-refractivity contribution in [2.45, 2.75) is 19.6 Å². The zero-order chi connectivity index (χ0) is 23.6. The first-order chi connectivity index (χ1) is 15.7. The second-order valence-electron chi connectivity index (χ2n) is 7.40. The third kappa shape index (κ3) is 4.88. The van der Waals surface area contributed by atoms with Gasteiger partial charge < -0.3 is 5.32 Å². The van der Waals surface area contributed by atoms with Crippen LogP contribution in [-0.4, -0.2) is 20.3 Å². The minimum absolute atomic E-state index is 0.249. The van der Waals surface area contributed by atoms with E-state index in [-0.39, 0.29) is 17.0 Å². The number of carbonyl (C=O) groups excluding carboxylic acids is 1. The SMILES string of the molecule is Cc1cccc(-n2c(-c3ccccc3)nn(CC(=O)Nc3ccccc3C(F)(F)F)c2=S)c1. The van der Waals surface area contributed by atoms with Crippen LogP contribution in [0.1, 0.15) is 11.1 Å². The molecule has 0 aliphatic carbocycles. The second kappa shape index (κ2) is 9.03. The van der Waals surface area contributed by atoms with Gasteiger partial charge in [-0.05, 0) is 49.0 Å². The number of rotatable bonds is 5. The molecule has 1 aromatic heterocycles. The molecule has 0 saturated carbocycles. The Bertz CT molecular complexity index is 1360. The maximum atomic E-state index is 13.3. The van der Waals surface area contributed by atoms with E-state index in [0.717, 1.165) is 22.9 Å². The van der Waals surface area contributed by atoms with E-state index >= 15 is 0 Å². The highest BCUT2D eigenvalue weighted by atomic mass is 32.1. The van der Waals surface area contributed by atoms with Crippen LogP contribution in [0.5, 0.6) is 0 Å². The smallest absolute Gasteiger partial charge is 0.324 e. The van der Waals surface area contributed by atoms with Crippen LogP contribution in [0.4, 0.5) is 18.9 Å². The number of amides is 1. The highest BCUT2D eigenvalue weighted by Crippen LogP contribution is 2.34. The molecule has 0 bridgehead atoms. The predicted molar refractivity (Wildman–Crippen MR) is 123 cm³/mol. The molecular weight excluding hydrogens is 449 g/mol. The summed E-state index contributed by atoms with van der Waals surface area (Å²) in [6.45, 7) is 1.61. The van der Waals surface area contributed by atoms with Crippen LogP contribution in [0.3, 0.4) is 0 Å². The average Bonchev–Trinajstić information content (AvgIpc) is 3.10. The van der Waals surface area contributed by atoms with Gasteiger partial charge in [0, 0.05) is 5.56 Å². The number of hydrogen-bond donors (Lipinski definition) is 1. The Morgan fingerprint density at radius 3 is 2.39 bits per heavy atom. The molecule has 0 fully saturated rings. The molecule has 0 unspecified atom stereocenters. The third-order valence-corrected chi connectivity index (χ3v) is 5.32. The molecule has 9 heteroatoms. The summed E-state index contributed by atoms with van der Waals surface area (Å²) in [4.78, 5) is 12.7. The first-order valence-electron chi connectivity index (χ1n) is 10.0. The quantitative estimate of drug-likeness (QED) is 0.364. The third-order valence-electron chi connectivity index (χ3n) is 4.93. The summed E-state index contributed by atoms with van der Waals surface area (Å²) in [5.41, 5.74) is 1.34. The molecule has 3 aromatic carbocycles. The fourth-order valence-electron chi connectivity index (χ4n) is 3.45. The number of carbonyl (C=O) groups is 1. The molecule has 1 amide bonds. The van der Waals surface area contributed by atoms with Gasteiger partial charge in [0.1, 0.15) is 6.54 Å². The van der Waals surface area contributed by atoms with Crippen molar-refractivity contribution in [2.75, 3.05) is 5.32 Å². The summed E-state index contributed by atoms with van der Waals surface area (Å²) in [6, 6.07) is 21.8. The van der Waals surface area contributed by atoms with Crippen LogP contribution >= 0.6 is 12.2 Å². The molecule has 0 radical (unpaired) electrons. The Balaban J connectivity index is 1.71. The van der Waals surface area contributed by atoms with Crippen LogP contribution in [0.2, 0.25) is 0 Å². The first kappa shape index (κ1) is 22.5. The van der Waals surface area contributed by atoms with Crippen molar-refractivity contribution in [2.24, 2.45) is 0 Å². The Morgan fingerprint density at radius 1 is 1.00 bits per heavy atom. The van der Waals surface area contributed by atoms with Gasteiger partial charge in [0.25, 0.3) is 0 Å². The summed E-state index contributed by atoms with van der Waals surface area (Å²) in [7, 11) is 0. The number of benzene rings is 3. The van der Waals surface area contributed by atoms with Crippen LogP contribution in [0.25, 0.3) is 17.1 Å². The van der Waals surface area contributed by atoms with Gasteiger partial charge in [-0.3, -0.25) is 9.36 Å². The predicted octanol–water partition coefficient (Wildman–Crippen LogP) is 6.04. The van der Waals surface area contributed by atoms with Gasteiger partial charge in [-0.1, -0.05) is 54.6 Å². The van der Waals surface area contributed by atoms with Crippen molar-refractivity contribution in [3.8, 4) is 17.1 Å². The number of aromatic nitrogens is 3. The molecule has 0 aliphatic heterocycles. The zero-order valence-electron chi connectivity index (χ0n) is 17.5. The van der Waals surface area contributed by atoms with Crippen molar-refractivity contribution < 1.29 is 18.0 Å². The van der Waals surface area contributed by atoms with E-state index in [2.05, 4.69) is 10.4 Å². The first-order valence-corrected chi connectivity index (χ1v) is 10.4. The Labute approximate surface area is 193 Å². The summed E-state index contributed by atoms with van der Waals surface area (Å²) >= 11 is 5.61. The maximum Gasteiger partial charge on any atom is 0.418 e. The normalized spacial score (nSPS) is 11.4. The standard InChI is InChI=1S/C24H19F3N4OS/c1-16-8-7-11-18(14-16)31-22(17-9-3-2-4-10-17)29-30(23(31)33)15-21(32)28-20-13-6-5-12-19(20)24(25,26)27/h2-14H,15H2,1H3,(H,28,32). The highest BCUT2D eigenvalue weighted by Gasteiger charge is 2.33. The van der Waals surface area contributed by atoms with Crippen molar-refractivity contribution in [3.05, 3.63) is 94.8 Å². The van der Waals surface area contributed by atoms with E-state index in [1.54, 1.807) is 4.57 Å². The number of halogens is 3. The van der Waals surface area contributed by atoms with Gasteiger partial charge in [-0.15, -0.1) is 0 Å². The van der Waals surface area contributed by atoms with Gasteiger partial charge in [-0.25, -0.2) is 4.68 Å². The van der Waals surface area contributed by atoms with E-state index in [4.69, 9.17) is 12.2 Å². The van der Waals surface area contributed by atoms with Gasteiger partial charge in [0.2, 0.25) is 10.7 Å². The topological polar surface area (TPSA) is 51.9 Å². The molecule has 0 spiro atoms.